The molecule has 0 amide bonds. The van der Waals surface area contributed by atoms with Gasteiger partial charge in [-0.05, 0) is 102 Å². The van der Waals surface area contributed by atoms with Gasteiger partial charge in [0, 0.05) is 5.56 Å². The van der Waals surface area contributed by atoms with E-state index >= 15 is 0 Å². The maximum absolute atomic E-state index is 12.8. The quantitative estimate of drug-likeness (QED) is 0.538. The first kappa shape index (κ1) is 18.0. The van der Waals surface area contributed by atoms with Gasteiger partial charge in [0.2, 0.25) is 0 Å². The van der Waals surface area contributed by atoms with E-state index in [1.165, 1.54) is 19.3 Å². The zero-order valence-electron chi connectivity index (χ0n) is 17.0. The van der Waals surface area contributed by atoms with E-state index in [2.05, 4.69) is 12.1 Å². The summed E-state index contributed by atoms with van der Waals surface area (Å²) in [6.45, 7) is 0. The van der Waals surface area contributed by atoms with E-state index in [4.69, 9.17) is 0 Å². The number of phenols is 1. The molecule has 3 nitrogen and oxygen atoms in total. The number of carboxylic acid groups (broad SMARTS) is 1. The number of fused-ring (bicyclic) bond motifs is 1. The van der Waals surface area contributed by atoms with Crippen LogP contribution in [0.15, 0.2) is 54.6 Å². The summed E-state index contributed by atoms with van der Waals surface area (Å²) in [4.78, 5) is 12.8. The van der Waals surface area contributed by atoms with Crippen LogP contribution in [0.5, 0.6) is 5.75 Å². The summed E-state index contributed by atoms with van der Waals surface area (Å²) >= 11 is 0. The first-order valence-electron chi connectivity index (χ1n) is 11.1. The fourth-order valence-electron chi connectivity index (χ4n) is 7.36. The first-order chi connectivity index (χ1) is 14.5. The Morgan fingerprint density at radius 2 is 1.47 bits per heavy atom. The van der Waals surface area contributed by atoms with Gasteiger partial charge in [-0.2, -0.15) is 0 Å². The third kappa shape index (κ3) is 2.61. The minimum absolute atomic E-state index is 0.00181. The van der Waals surface area contributed by atoms with Gasteiger partial charge in [0.05, 0.1) is 5.56 Å². The molecule has 4 saturated carbocycles. The highest BCUT2D eigenvalue weighted by Gasteiger charge is 2.52. The number of carbonyl (C=O) groups is 1. The maximum atomic E-state index is 12.8. The fourth-order valence-corrected chi connectivity index (χ4v) is 7.36. The van der Waals surface area contributed by atoms with Crippen LogP contribution in [0.25, 0.3) is 21.9 Å². The fraction of sp³-hybridized carbons (Fsp3) is 0.370. The van der Waals surface area contributed by atoms with Crippen molar-refractivity contribution in [3.05, 3.63) is 65.7 Å². The van der Waals surface area contributed by atoms with Crippen molar-refractivity contribution in [2.75, 3.05) is 0 Å². The zero-order valence-corrected chi connectivity index (χ0v) is 17.0. The van der Waals surface area contributed by atoms with E-state index in [0.29, 0.717) is 5.56 Å². The van der Waals surface area contributed by atoms with Crippen molar-refractivity contribution in [1.82, 2.24) is 0 Å². The van der Waals surface area contributed by atoms with Gasteiger partial charge in [-0.1, -0.05) is 36.4 Å². The maximum Gasteiger partial charge on any atom is 0.336 e. The van der Waals surface area contributed by atoms with Crippen molar-refractivity contribution in [1.29, 1.82) is 0 Å². The molecule has 0 heterocycles. The van der Waals surface area contributed by atoms with Gasteiger partial charge in [0.15, 0.2) is 0 Å². The van der Waals surface area contributed by atoms with Gasteiger partial charge in [-0.3, -0.25) is 0 Å². The van der Waals surface area contributed by atoms with Crippen LogP contribution in [0, 0.1) is 17.8 Å². The molecule has 3 aromatic carbocycles. The number of carboxylic acids is 1. The highest BCUT2D eigenvalue weighted by Crippen LogP contribution is 2.62. The predicted molar refractivity (Wildman–Crippen MR) is 118 cm³/mol. The highest BCUT2D eigenvalue weighted by molar-refractivity contribution is 6.09. The second-order valence-corrected chi connectivity index (χ2v) is 9.95. The van der Waals surface area contributed by atoms with E-state index in [-0.39, 0.29) is 11.2 Å². The lowest BCUT2D eigenvalue weighted by molar-refractivity contribution is -0.00573. The summed E-state index contributed by atoms with van der Waals surface area (Å²) in [6.07, 6.45) is 7.39. The molecule has 3 aromatic rings. The lowest BCUT2D eigenvalue weighted by Gasteiger charge is -2.57. The minimum atomic E-state index is -0.838. The number of hydrogen-bond acceptors (Lipinski definition) is 2. The molecule has 7 rings (SSSR count). The summed E-state index contributed by atoms with van der Waals surface area (Å²) < 4.78 is 0. The molecule has 30 heavy (non-hydrogen) atoms. The summed E-state index contributed by atoms with van der Waals surface area (Å²) in [5.74, 6) is 1.61. The summed E-state index contributed by atoms with van der Waals surface area (Å²) in [5, 5.41) is 22.3. The van der Waals surface area contributed by atoms with Crippen LogP contribution in [-0.4, -0.2) is 16.2 Å². The third-order valence-corrected chi connectivity index (χ3v) is 8.03. The van der Waals surface area contributed by atoms with Crippen molar-refractivity contribution in [2.24, 2.45) is 17.8 Å². The molecular weight excluding hydrogens is 372 g/mol. The van der Waals surface area contributed by atoms with Crippen LogP contribution in [0.2, 0.25) is 0 Å². The molecule has 0 spiro atoms. The number of benzene rings is 3. The standard InChI is InChI=1S/C27H26O3/c28-21-7-5-19(6-8-21)24-22-4-2-1-3-20(22)12-23(25(24)26(29)30)27-13-16-9-17(14-27)11-18(10-16)15-27/h1-8,12,16-18,28H,9-11,13-15H2,(H,29,30). The smallest absolute Gasteiger partial charge is 0.336 e. The zero-order chi connectivity index (χ0) is 20.5. The summed E-state index contributed by atoms with van der Waals surface area (Å²) in [5.41, 5.74) is 3.18. The Morgan fingerprint density at radius 3 is 2.07 bits per heavy atom. The molecule has 2 N–H and O–H groups in total. The molecule has 0 atom stereocenters. The molecule has 0 radical (unpaired) electrons. The van der Waals surface area contributed by atoms with Crippen LogP contribution >= 0.6 is 0 Å². The Hall–Kier alpha value is -2.81. The number of rotatable bonds is 3. The molecule has 4 fully saturated rings. The van der Waals surface area contributed by atoms with Gasteiger partial charge in [0.1, 0.15) is 5.75 Å². The van der Waals surface area contributed by atoms with E-state index in [1.807, 2.05) is 30.3 Å². The lowest BCUT2D eigenvalue weighted by atomic mass is 9.47. The lowest BCUT2D eigenvalue weighted by Crippen LogP contribution is -2.49. The van der Waals surface area contributed by atoms with E-state index in [1.54, 1.807) is 12.1 Å². The molecule has 152 valence electrons. The second kappa shape index (κ2) is 6.34. The summed E-state index contributed by atoms with van der Waals surface area (Å²) in [6, 6.07) is 17.3. The van der Waals surface area contributed by atoms with Crippen LogP contribution in [-0.2, 0) is 5.41 Å². The van der Waals surface area contributed by atoms with Gasteiger partial charge >= 0.3 is 5.97 Å². The molecule has 4 aliphatic carbocycles. The molecule has 0 aromatic heterocycles. The van der Waals surface area contributed by atoms with Gasteiger partial charge in [-0.15, -0.1) is 0 Å². The molecule has 0 aliphatic heterocycles. The number of aromatic carboxylic acids is 1. The first-order valence-corrected chi connectivity index (χ1v) is 11.1. The third-order valence-electron chi connectivity index (χ3n) is 8.03. The molecule has 4 bridgehead atoms. The highest BCUT2D eigenvalue weighted by atomic mass is 16.4. The number of phenolic OH excluding ortho intramolecular Hbond substituents is 1. The number of hydrogen-bond donors (Lipinski definition) is 2. The van der Waals surface area contributed by atoms with E-state index in [0.717, 1.165) is 64.5 Å². The molecule has 0 unspecified atom stereocenters. The van der Waals surface area contributed by atoms with E-state index in [9.17, 15) is 15.0 Å². The largest absolute Gasteiger partial charge is 0.508 e. The Labute approximate surface area is 176 Å². The Kier molecular flexibility index (Phi) is 3.80. The van der Waals surface area contributed by atoms with Crippen molar-refractivity contribution in [3.8, 4) is 16.9 Å². The summed E-state index contributed by atoms with van der Waals surface area (Å²) in [7, 11) is 0. The normalized spacial score (nSPS) is 29.4. The second-order valence-electron chi connectivity index (χ2n) is 9.95. The number of aromatic hydroxyl groups is 1. The van der Waals surface area contributed by atoms with Crippen molar-refractivity contribution in [2.45, 2.75) is 43.9 Å². The van der Waals surface area contributed by atoms with Gasteiger partial charge in [-0.25, -0.2) is 4.79 Å². The minimum Gasteiger partial charge on any atom is -0.508 e. The van der Waals surface area contributed by atoms with E-state index < -0.39 is 5.97 Å². The molecule has 3 heteroatoms. The topological polar surface area (TPSA) is 57.5 Å². The van der Waals surface area contributed by atoms with Crippen LogP contribution < -0.4 is 0 Å². The van der Waals surface area contributed by atoms with Gasteiger partial charge in [0.25, 0.3) is 0 Å². The van der Waals surface area contributed by atoms with Crippen LogP contribution in [0.3, 0.4) is 0 Å². The molecular formula is C27H26O3. The van der Waals surface area contributed by atoms with Gasteiger partial charge < -0.3 is 10.2 Å². The molecule has 0 saturated heterocycles. The average molecular weight is 399 g/mol. The monoisotopic (exact) mass is 398 g/mol. The Morgan fingerprint density at radius 1 is 0.867 bits per heavy atom. The molecule has 4 aliphatic rings. The Bertz CT molecular complexity index is 1120. The van der Waals surface area contributed by atoms with Crippen molar-refractivity contribution < 1.29 is 15.0 Å². The SMILES string of the molecule is O=C(O)c1c(C23CC4CC(CC(C4)C2)C3)cc2ccccc2c1-c1ccc(O)cc1. The van der Waals surface area contributed by atoms with Crippen LogP contribution in [0.4, 0.5) is 0 Å². The predicted octanol–water partition coefficient (Wildman–Crippen LogP) is 6.38. The van der Waals surface area contributed by atoms with Crippen molar-refractivity contribution in [3.63, 3.8) is 0 Å². The average Bonchev–Trinajstić information content (AvgIpc) is 2.72. The van der Waals surface area contributed by atoms with Crippen molar-refractivity contribution >= 4 is 16.7 Å². The Balaban J connectivity index is 1.66. The van der Waals surface area contributed by atoms with Crippen LogP contribution in [0.1, 0.15) is 54.4 Å².